The summed E-state index contributed by atoms with van der Waals surface area (Å²) in [6, 6.07) is 12.4. The number of nitrogens with zero attached hydrogens (tertiary/aromatic N) is 2. The molecule has 1 aliphatic rings. The number of aromatic nitrogens is 1. The smallest absolute Gasteiger partial charge is 0.270 e. The number of piperazine rings is 1. The van der Waals surface area contributed by atoms with Crippen LogP contribution in [0.15, 0.2) is 42.5 Å². The number of hydrogen-bond acceptors (Lipinski definition) is 3. The number of anilines is 1. The van der Waals surface area contributed by atoms with Crippen LogP contribution in [0.5, 0.6) is 0 Å². The first kappa shape index (κ1) is 16.3. The summed E-state index contributed by atoms with van der Waals surface area (Å²) in [6.07, 6.45) is 0. The number of carbonyl (C=O) groups excluding carboxylic acids is 2. The van der Waals surface area contributed by atoms with E-state index in [-0.39, 0.29) is 11.8 Å². The Morgan fingerprint density at radius 1 is 1.04 bits per heavy atom. The molecule has 126 valence electrons. The molecule has 0 atom stereocenters. The average Bonchev–Trinajstić information content (AvgIpc) is 3.10. The molecule has 1 aromatic heterocycles. The van der Waals surface area contributed by atoms with E-state index in [9.17, 15) is 9.59 Å². The third-order valence-electron chi connectivity index (χ3n) is 4.31. The fraction of sp³-hybridized carbons (Fsp3) is 0.333. The lowest BCUT2D eigenvalue weighted by Crippen LogP contribution is -2.48. The highest BCUT2D eigenvalue weighted by Gasteiger charge is 2.22. The van der Waals surface area contributed by atoms with Crippen molar-refractivity contribution in [3.8, 4) is 0 Å². The molecule has 0 radical (unpaired) electrons. The third kappa shape index (κ3) is 3.65. The molecule has 24 heavy (non-hydrogen) atoms. The standard InChI is InChI=1S/C18H22N4O2/c1-2-21-10-12-22(13-11-21)18(24)15-8-9-16(19-15)20-17(23)14-6-4-3-5-7-14/h3-9,19H,2,10-13H2,1H3,(H,20,23). The Morgan fingerprint density at radius 2 is 1.75 bits per heavy atom. The molecule has 2 amide bonds. The number of carbonyl (C=O) groups is 2. The van der Waals surface area contributed by atoms with Gasteiger partial charge in [0, 0.05) is 31.7 Å². The predicted molar refractivity (Wildman–Crippen MR) is 93.2 cm³/mol. The molecule has 6 heteroatoms. The van der Waals surface area contributed by atoms with E-state index in [4.69, 9.17) is 0 Å². The molecule has 0 spiro atoms. The lowest BCUT2D eigenvalue weighted by molar-refractivity contribution is 0.0638. The van der Waals surface area contributed by atoms with Crippen molar-refractivity contribution in [2.75, 3.05) is 38.0 Å². The largest absolute Gasteiger partial charge is 0.337 e. The van der Waals surface area contributed by atoms with E-state index < -0.39 is 0 Å². The van der Waals surface area contributed by atoms with E-state index >= 15 is 0 Å². The summed E-state index contributed by atoms with van der Waals surface area (Å²) < 4.78 is 0. The van der Waals surface area contributed by atoms with Crippen molar-refractivity contribution < 1.29 is 9.59 Å². The summed E-state index contributed by atoms with van der Waals surface area (Å²) in [6.45, 7) is 6.42. The molecule has 0 aliphatic carbocycles. The zero-order valence-corrected chi connectivity index (χ0v) is 13.8. The van der Waals surface area contributed by atoms with Crippen molar-refractivity contribution in [2.45, 2.75) is 6.92 Å². The van der Waals surface area contributed by atoms with Gasteiger partial charge < -0.3 is 20.1 Å². The Kier molecular flexibility index (Phi) is 4.96. The van der Waals surface area contributed by atoms with Crippen LogP contribution in [0.3, 0.4) is 0 Å². The quantitative estimate of drug-likeness (QED) is 0.903. The maximum absolute atomic E-state index is 12.5. The zero-order valence-electron chi connectivity index (χ0n) is 13.8. The summed E-state index contributed by atoms with van der Waals surface area (Å²) in [7, 11) is 0. The van der Waals surface area contributed by atoms with E-state index in [1.807, 2.05) is 23.1 Å². The van der Waals surface area contributed by atoms with Crippen LogP contribution in [-0.4, -0.2) is 59.3 Å². The van der Waals surface area contributed by atoms with Gasteiger partial charge in [-0.3, -0.25) is 9.59 Å². The van der Waals surface area contributed by atoms with Crippen molar-refractivity contribution in [3.63, 3.8) is 0 Å². The van der Waals surface area contributed by atoms with E-state index in [0.29, 0.717) is 17.1 Å². The van der Waals surface area contributed by atoms with Crippen molar-refractivity contribution in [3.05, 3.63) is 53.7 Å². The van der Waals surface area contributed by atoms with Crippen molar-refractivity contribution >= 4 is 17.6 Å². The normalized spacial score (nSPS) is 15.3. The van der Waals surface area contributed by atoms with Crippen LogP contribution >= 0.6 is 0 Å². The highest BCUT2D eigenvalue weighted by Crippen LogP contribution is 2.13. The minimum Gasteiger partial charge on any atom is -0.337 e. The second-order valence-electron chi connectivity index (χ2n) is 5.83. The van der Waals surface area contributed by atoms with Crippen LogP contribution in [-0.2, 0) is 0 Å². The molecular weight excluding hydrogens is 304 g/mol. The second kappa shape index (κ2) is 7.31. The number of rotatable bonds is 4. The Bertz CT molecular complexity index is 703. The number of benzene rings is 1. The summed E-state index contributed by atoms with van der Waals surface area (Å²) in [5, 5.41) is 2.78. The van der Waals surface area contributed by atoms with Gasteiger partial charge in [0.1, 0.15) is 11.5 Å². The number of aromatic amines is 1. The Hall–Kier alpha value is -2.60. The fourth-order valence-corrected chi connectivity index (χ4v) is 2.81. The first-order valence-electron chi connectivity index (χ1n) is 8.24. The van der Waals surface area contributed by atoms with Crippen molar-refractivity contribution in [2.24, 2.45) is 0 Å². The van der Waals surface area contributed by atoms with Crippen LogP contribution in [0.25, 0.3) is 0 Å². The highest BCUT2D eigenvalue weighted by atomic mass is 16.2. The van der Waals surface area contributed by atoms with Gasteiger partial charge in [0.15, 0.2) is 0 Å². The molecule has 0 saturated carbocycles. The second-order valence-corrected chi connectivity index (χ2v) is 5.83. The van der Waals surface area contributed by atoms with Gasteiger partial charge in [-0.25, -0.2) is 0 Å². The van der Waals surface area contributed by atoms with Gasteiger partial charge in [-0.05, 0) is 30.8 Å². The highest BCUT2D eigenvalue weighted by molar-refractivity contribution is 6.04. The number of H-pyrrole nitrogens is 1. The molecule has 1 saturated heterocycles. The lowest BCUT2D eigenvalue weighted by atomic mass is 10.2. The molecule has 2 N–H and O–H groups in total. The summed E-state index contributed by atoms with van der Waals surface area (Å²) in [4.78, 5) is 31.8. The Morgan fingerprint density at radius 3 is 2.42 bits per heavy atom. The summed E-state index contributed by atoms with van der Waals surface area (Å²) in [5.74, 6) is 0.304. The maximum Gasteiger partial charge on any atom is 0.270 e. The van der Waals surface area contributed by atoms with Gasteiger partial charge in [-0.2, -0.15) is 0 Å². The Labute approximate surface area is 141 Å². The van der Waals surface area contributed by atoms with Crippen molar-refractivity contribution in [1.29, 1.82) is 0 Å². The van der Waals surface area contributed by atoms with E-state index in [1.165, 1.54) is 0 Å². The molecule has 1 aliphatic heterocycles. The molecule has 2 heterocycles. The molecule has 1 aromatic carbocycles. The summed E-state index contributed by atoms with van der Waals surface area (Å²) in [5.41, 5.74) is 1.08. The van der Waals surface area contributed by atoms with Crippen LogP contribution in [0.4, 0.5) is 5.82 Å². The van der Waals surface area contributed by atoms with Gasteiger partial charge in [-0.1, -0.05) is 25.1 Å². The van der Waals surface area contributed by atoms with Crippen LogP contribution < -0.4 is 5.32 Å². The minimum absolute atomic E-state index is 0.0223. The fourth-order valence-electron chi connectivity index (χ4n) is 2.81. The molecule has 6 nitrogen and oxygen atoms in total. The number of hydrogen-bond donors (Lipinski definition) is 2. The molecular formula is C18H22N4O2. The van der Waals surface area contributed by atoms with E-state index in [0.717, 1.165) is 32.7 Å². The van der Waals surface area contributed by atoms with E-state index in [2.05, 4.69) is 22.1 Å². The number of amides is 2. The van der Waals surface area contributed by atoms with Crippen LogP contribution in [0.1, 0.15) is 27.8 Å². The minimum atomic E-state index is -0.201. The monoisotopic (exact) mass is 326 g/mol. The van der Waals surface area contributed by atoms with Gasteiger partial charge in [0.2, 0.25) is 0 Å². The van der Waals surface area contributed by atoms with Crippen molar-refractivity contribution in [1.82, 2.24) is 14.8 Å². The predicted octanol–water partition coefficient (Wildman–Crippen LogP) is 2.04. The van der Waals surface area contributed by atoms with Gasteiger partial charge in [0.05, 0.1) is 0 Å². The molecule has 0 unspecified atom stereocenters. The average molecular weight is 326 g/mol. The van der Waals surface area contributed by atoms with Gasteiger partial charge in [-0.15, -0.1) is 0 Å². The molecule has 2 aromatic rings. The molecule has 0 bridgehead atoms. The van der Waals surface area contributed by atoms with Crippen LogP contribution in [0, 0.1) is 0 Å². The van der Waals surface area contributed by atoms with Gasteiger partial charge >= 0.3 is 0 Å². The Balaban J connectivity index is 1.61. The first-order chi connectivity index (χ1) is 11.7. The lowest BCUT2D eigenvalue weighted by Gasteiger charge is -2.33. The van der Waals surface area contributed by atoms with Gasteiger partial charge in [0.25, 0.3) is 11.8 Å². The van der Waals surface area contributed by atoms with E-state index in [1.54, 1.807) is 24.3 Å². The number of nitrogens with one attached hydrogen (secondary N) is 2. The number of likely N-dealkylation sites (N-methyl/N-ethyl adjacent to an activating group) is 1. The zero-order chi connectivity index (χ0) is 16.9. The first-order valence-corrected chi connectivity index (χ1v) is 8.24. The molecule has 3 rings (SSSR count). The SMILES string of the molecule is CCN1CCN(C(=O)c2ccc(NC(=O)c3ccccc3)[nH]2)CC1. The topological polar surface area (TPSA) is 68.4 Å². The summed E-state index contributed by atoms with van der Waals surface area (Å²) >= 11 is 0. The third-order valence-corrected chi connectivity index (χ3v) is 4.31. The maximum atomic E-state index is 12.5. The van der Waals surface area contributed by atoms with Crippen LogP contribution in [0.2, 0.25) is 0 Å². The molecule has 1 fully saturated rings.